The number of aliphatic hydroxyl groups excluding tert-OH is 1. The van der Waals surface area contributed by atoms with Gasteiger partial charge in [-0.1, -0.05) is 60.7 Å². The van der Waals surface area contributed by atoms with Gasteiger partial charge in [-0.15, -0.1) is 0 Å². The Morgan fingerprint density at radius 3 is 2.05 bits per heavy atom. The molecule has 2 atom stereocenters. The third-order valence-electron chi connectivity index (χ3n) is 3.77. The average molecular weight is 283 g/mol. The largest absolute Gasteiger partial charge is 0.395 e. The number of aryl methyl sites for hydroxylation is 1. The maximum atomic E-state index is 9.56. The Balaban J connectivity index is 1.78. The maximum absolute atomic E-state index is 9.56. The van der Waals surface area contributed by atoms with Crippen LogP contribution in [0.25, 0.3) is 0 Å². The van der Waals surface area contributed by atoms with E-state index in [1.54, 1.807) is 0 Å². The molecule has 0 bridgehead atoms. The second kappa shape index (κ2) is 8.60. The van der Waals surface area contributed by atoms with Crippen molar-refractivity contribution in [1.82, 2.24) is 5.32 Å². The van der Waals surface area contributed by atoms with Crippen molar-refractivity contribution >= 4 is 0 Å². The smallest absolute Gasteiger partial charge is 0.0587 e. The molecule has 2 heteroatoms. The predicted molar refractivity (Wildman–Crippen MR) is 88.4 cm³/mol. The Labute approximate surface area is 127 Å². The minimum Gasteiger partial charge on any atom is -0.395 e. The zero-order chi connectivity index (χ0) is 14.9. The van der Waals surface area contributed by atoms with Gasteiger partial charge in [0.2, 0.25) is 0 Å². The van der Waals surface area contributed by atoms with Gasteiger partial charge >= 0.3 is 0 Å². The molecular weight excluding hydrogens is 258 g/mol. The molecule has 0 aromatic heterocycles. The highest BCUT2D eigenvalue weighted by atomic mass is 16.3. The lowest BCUT2D eigenvalue weighted by Gasteiger charge is -2.22. The van der Waals surface area contributed by atoms with Gasteiger partial charge in [0.25, 0.3) is 0 Å². The van der Waals surface area contributed by atoms with Crippen molar-refractivity contribution in [3.8, 4) is 0 Å². The Bertz CT molecular complexity index is 497. The molecule has 2 N–H and O–H groups in total. The molecule has 2 aromatic rings. The van der Waals surface area contributed by atoms with Crippen LogP contribution in [0, 0.1) is 0 Å². The van der Waals surface area contributed by atoms with Crippen LogP contribution in [0.3, 0.4) is 0 Å². The standard InChI is InChI=1S/C19H25NO/c1-16(12-13-17-8-4-2-5-9-17)20-19(15-21)14-18-10-6-3-7-11-18/h2-11,16,19-21H,12-15H2,1H3. The third kappa shape index (κ3) is 5.70. The van der Waals surface area contributed by atoms with Crippen LogP contribution >= 0.6 is 0 Å². The predicted octanol–water partition coefficient (Wildman–Crippen LogP) is 3.20. The van der Waals surface area contributed by atoms with E-state index in [0.29, 0.717) is 6.04 Å². The number of rotatable bonds is 8. The summed E-state index contributed by atoms with van der Waals surface area (Å²) >= 11 is 0. The second-order valence-electron chi connectivity index (χ2n) is 5.66. The molecule has 0 aliphatic heterocycles. The summed E-state index contributed by atoms with van der Waals surface area (Å²) in [5, 5.41) is 13.1. The minimum atomic E-state index is 0.123. The first-order valence-corrected chi connectivity index (χ1v) is 7.72. The van der Waals surface area contributed by atoms with E-state index in [-0.39, 0.29) is 12.6 Å². The Morgan fingerprint density at radius 2 is 1.48 bits per heavy atom. The quantitative estimate of drug-likeness (QED) is 0.780. The summed E-state index contributed by atoms with van der Waals surface area (Å²) in [6.45, 7) is 2.36. The SMILES string of the molecule is CC(CCc1ccccc1)NC(CO)Cc1ccccc1. The van der Waals surface area contributed by atoms with Gasteiger partial charge in [0.1, 0.15) is 0 Å². The fourth-order valence-electron chi connectivity index (χ4n) is 2.59. The molecule has 0 amide bonds. The van der Waals surface area contributed by atoms with Gasteiger partial charge in [-0.2, -0.15) is 0 Å². The Hall–Kier alpha value is -1.64. The number of aliphatic hydroxyl groups is 1. The zero-order valence-corrected chi connectivity index (χ0v) is 12.7. The molecule has 21 heavy (non-hydrogen) atoms. The molecular formula is C19H25NO. The Kier molecular flexibility index (Phi) is 6.45. The number of hydrogen-bond acceptors (Lipinski definition) is 2. The van der Waals surface area contributed by atoms with Gasteiger partial charge in [-0.25, -0.2) is 0 Å². The van der Waals surface area contributed by atoms with Gasteiger partial charge in [0.05, 0.1) is 6.61 Å². The van der Waals surface area contributed by atoms with Crippen LogP contribution in [-0.2, 0) is 12.8 Å². The van der Waals surface area contributed by atoms with E-state index in [2.05, 4.69) is 48.6 Å². The molecule has 2 unspecified atom stereocenters. The zero-order valence-electron chi connectivity index (χ0n) is 12.7. The van der Waals surface area contributed by atoms with E-state index in [0.717, 1.165) is 19.3 Å². The fourth-order valence-corrected chi connectivity index (χ4v) is 2.59. The summed E-state index contributed by atoms with van der Waals surface area (Å²) in [4.78, 5) is 0. The van der Waals surface area contributed by atoms with Gasteiger partial charge in [0.15, 0.2) is 0 Å². The van der Waals surface area contributed by atoms with Crippen LogP contribution in [0.15, 0.2) is 60.7 Å². The summed E-state index contributed by atoms with van der Waals surface area (Å²) in [7, 11) is 0. The van der Waals surface area contributed by atoms with Crippen molar-refractivity contribution in [2.75, 3.05) is 6.61 Å². The summed E-state index contributed by atoms with van der Waals surface area (Å²) in [6.07, 6.45) is 3.01. The van der Waals surface area contributed by atoms with Gasteiger partial charge in [0, 0.05) is 12.1 Å². The molecule has 0 aliphatic carbocycles. The second-order valence-corrected chi connectivity index (χ2v) is 5.66. The normalized spacial score (nSPS) is 13.8. The molecule has 2 rings (SSSR count). The molecule has 0 saturated heterocycles. The molecule has 0 spiro atoms. The van der Waals surface area contributed by atoms with Gasteiger partial charge in [-0.05, 0) is 37.3 Å². The fraction of sp³-hybridized carbons (Fsp3) is 0.368. The molecule has 2 nitrogen and oxygen atoms in total. The lowest BCUT2D eigenvalue weighted by atomic mass is 10.0. The average Bonchev–Trinajstić information content (AvgIpc) is 2.54. The summed E-state index contributed by atoms with van der Waals surface area (Å²) < 4.78 is 0. The first kappa shape index (κ1) is 15.7. The van der Waals surface area contributed by atoms with Crippen molar-refractivity contribution in [1.29, 1.82) is 0 Å². The number of nitrogens with one attached hydrogen (secondary N) is 1. The van der Waals surface area contributed by atoms with Crippen molar-refractivity contribution in [3.05, 3.63) is 71.8 Å². The number of hydrogen-bond donors (Lipinski definition) is 2. The Morgan fingerprint density at radius 1 is 0.905 bits per heavy atom. The number of benzene rings is 2. The van der Waals surface area contributed by atoms with E-state index < -0.39 is 0 Å². The summed E-state index contributed by atoms with van der Waals surface area (Å²) in [5.41, 5.74) is 2.63. The molecule has 0 radical (unpaired) electrons. The topological polar surface area (TPSA) is 32.3 Å². The molecule has 0 aliphatic rings. The third-order valence-corrected chi connectivity index (χ3v) is 3.77. The minimum absolute atomic E-state index is 0.123. The lowest BCUT2D eigenvalue weighted by Crippen LogP contribution is -2.40. The first-order valence-electron chi connectivity index (χ1n) is 7.72. The summed E-state index contributed by atoms with van der Waals surface area (Å²) in [5.74, 6) is 0. The van der Waals surface area contributed by atoms with E-state index >= 15 is 0 Å². The van der Waals surface area contributed by atoms with E-state index in [4.69, 9.17) is 0 Å². The van der Waals surface area contributed by atoms with Crippen LogP contribution in [0.5, 0.6) is 0 Å². The maximum Gasteiger partial charge on any atom is 0.0587 e. The van der Waals surface area contributed by atoms with Gasteiger partial charge < -0.3 is 10.4 Å². The van der Waals surface area contributed by atoms with Crippen LogP contribution in [0.1, 0.15) is 24.5 Å². The first-order chi connectivity index (χ1) is 10.3. The molecule has 0 saturated carbocycles. The van der Waals surface area contributed by atoms with Crippen molar-refractivity contribution in [3.63, 3.8) is 0 Å². The van der Waals surface area contributed by atoms with E-state index in [1.165, 1.54) is 11.1 Å². The molecule has 2 aromatic carbocycles. The highest BCUT2D eigenvalue weighted by Gasteiger charge is 2.11. The van der Waals surface area contributed by atoms with Crippen LogP contribution in [0.4, 0.5) is 0 Å². The van der Waals surface area contributed by atoms with Crippen molar-refractivity contribution < 1.29 is 5.11 Å². The van der Waals surface area contributed by atoms with Crippen LogP contribution < -0.4 is 5.32 Å². The molecule has 112 valence electrons. The van der Waals surface area contributed by atoms with E-state index in [9.17, 15) is 5.11 Å². The van der Waals surface area contributed by atoms with Crippen LogP contribution in [0.2, 0.25) is 0 Å². The van der Waals surface area contributed by atoms with Crippen molar-refractivity contribution in [2.45, 2.75) is 38.3 Å². The van der Waals surface area contributed by atoms with Gasteiger partial charge in [-0.3, -0.25) is 0 Å². The van der Waals surface area contributed by atoms with Crippen molar-refractivity contribution in [2.24, 2.45) is 0 Å². The monoisotopic (exact) mass is 283 g/mol. The molecule has 0 fully saturated rings. The lowest BCUT2D eigenvalue weighted by molar-refractivity contribution is 0.230. The van der Waals surface area contributed by atoms with E-state index in [1.807, 2.05) is 24.3 Å². The molecule has 0 heterocycles. The van der Waals surface area contributed by atoms with Crippen LogP contribution in [-0.4, -0.2) is 23.8 Å². The summed E-state index contributed by atoms with van der Waals surface area (Å²) in [6, 6.07) is 21.4. The highest BCUT2D eigenvalue weighted by molar-refractivity contribution is 5.16. The highest BCUT2D eigenvalue weighted by Crippen LogP contribution is 2.07.